The SMILES string of the molecule is Cn1cc(-c2nn([C@H]3CC[C@H](O)CC3)c3cc(Cl)ncc23)cn1. The minimum Gasteiger partial charge on any atom is -0.393 e. The van der Waals surface area contributed by atoms with Gasteiger partial charge in [-0.05, 0) is 25.7 Å². The number of aryl methyl sites for hydroxylation is 1. The number of pyridine rings is 1. The number of aliphatic hydroxyl groups is 1. The Morgan fingerprint density at radius 2 is 2.00 bits per heavy atom. The van der Waals surface area contributed by atoms with E-state index in [1.54, 1.807) is 10.9 Å². The molecule has 120 valence electrons. The van der Waals surface area contributed by atoms with Crippen LogP contribution in [0.3, 0.4) is 0 Å². The van der Waals surface area contributed by atoms with Crippen molar-refractivity contribution in [3.05, 3.63) is 29.8 Å². The molecule has 1 saturated carbocycles. The quantitative estimate of drug-likeness (QED) is 0.733. The van der Waals surface area contributed by atoms with Gasteiger partial charge in [0, 0.05) is 36.5 Å². The first kappa shape index (κ1) is 14.7. The van der Waals surface area contributed by atoms with Gasteiger partial charge in [-0.3, -0.25) is 9.36 Å². The van der Waals surface area contributed by atoms with Crippen LogP contribution in [0.2, 0.25) is 5.15 Å². The number of hydrogen-bond acceptors (Lipinski definition) is 4. The van der Waals surface area contributed by atoms with Crippen LogP contribution in [-0.2, 0) is 7.05 Å². The smallest absolute Gasteiger partial charge is 0.131 e. The Hall–Kier alpha value is -1.92. The van der Waals surface area contributed by atoms with E-state index in [9.17, 15) is 5.11 Å². The summed E-state index contributed by atoms with van der Waals surface area (Å²) in [5, 5.41) is 20.3. The molecule has 3 aromatic heterocycles. The molecule has 0 aromatic carbocycles. The van der Waals surface area contributed by atoms with E-state index in [1.807, 2.05) is 25.5 Å². The molecule has 3 aromatic rings. The Kier molecular flexibility index (Phi) is 3.58. The second-order valence-corrected chi connectivity index (χ2v) is 6.57. The zero-order valence-corrected chi connectivity index (χ0v) is 13.6. The van der Waals surface area contributed by atoms with E-state index < -0.39 is 0 Å². The first-order valence-electron chi connectivity index (χ1n) is 7.82. The molecule has 3 heterocycles. The largest absolute Gasteiger partial charge is 0.393 e. The highest BCUT2D eigenvalue weighted by Crippen LogP contribution is 2.35. The van der Waals surface area contributed by atoms with Crippen molar-refractivity contribution in [3.63, 3.8) is 0 Å². The number of hydrogen-bond donors (Lipinski definition) is 1. The number of aliphatic hydroxyl groups excluding tert-OH is 1. The predicted molar refractivity (Wildman–Crippen MR) is 88.3 cm³/mol. The van der Waals surface area contributed by atoms with Crippen molar-refractivity contribution in [1.29, 1.82) is 0 Å². The fourth-order valence-corrected chi connectivity index (χ4v) is 3.50. The lowest BCUT2D eigenvalue weighted by Crippen LogP contribution is -2.21. The van der Waals surface area contributed by atoms with Crippen molar-refractivity contribution in [2.45, 2.75) is 37.8 Å². The third-order valence-corrected chi connectivity index (χ3v) is 4.76. The molecule has 0 atom stereocenters. The fourth-order valence-electron chi connectivity index (χ4n) is 3.35. The average molecular weight is 332 g/mol. The van der Waals surface area contributed by atoms with E-state index >= 15 is 0 Å². The summed E-state index contributed by atoms with van der Waals surface area (Å²) < 4.78 is 3.82. The molecule has 7 heteroatoms. The van der Waals surface area contributed by atoms with Gasteiger partial charge in [0.1, 0.15) is 10.8 Å². The normalized spacial score (nSPS) is 21.9. The molecular formula is C16H18ClN5O. The third kappa shape index (κ3) is 2.62. The van der Waals surface area contributed by atoms with Crippen molar-refractivity contribution < 1.29 is 5.11 Å². The van der Waals surface area contributed by atoms with Crippen LogP contribution >= 0.6 is 11.6 Å². The van der Waals surface area contributed by atoms with Gasteiger partial charge in [-0.25, -0.2) is 4.98 Å². The Labute approximate surface area is 138 Å². The summed E-state index contributed by atoms with van der Waals surface area (Å²) in [5.74, 6) is 0. The Morgan fingerprint density at radius 3 is 2.70 bits per heavy atom. The van der Waals surface area contributed by atoms with Gasteiger partial charge in [0.25, 0.3) is 0 Å². The van der Waals surface area contributed by atoms with E-state index in [4.69, 9.17) is 16.7 Å². The van der Waals surface area contributed by atoms with E-state index in [1.165, 1.54) is 0 Å². The molecule has 0 amide bonds. The number of nitrogens with zero attached hydrogens (tertiary/aromatic N) is 5. The van der Waals surface area contributed by atoms with Gasteiger partial charge in [-0.2, -0.15) is 10.2 Å². The molecule has 0 spiro atoms. The zero-order valence-electron chi connectivity index (χ0n) is 12.9. The van der Waals surface area contributed by atoms with Crippen LogP contribution in [0.25, 0.3) is 22.2 Å². The van der Waals surface area contributed by atoms with Gasteiger partial charge in [0.05, 0.1) is 23.9 Å². The fraction of sp³-hybridized carbons (Fsp3) is 0.438. The number of fused-ring (bicyclic) bond motifs is 1. The van der Waals surface area contributed by atoms with Crippen LogP contribution in [0.4, 0.5) is 0 Å². The minimum atomic E-state index is -0.184. The molecule has 0 bridgehead atoms. The van der Waals surface area contributed by atoms with Gasteiger partial charge in [0.2, 0.25) is 0 Å². The van der Waals surface area contributed by atoms with Gasteiger partial charge in [0.15, 0.2) is 0 Å². The Balaban J connectivity index is 1.85. The molecular weight excluding hydrogens is 314 g/mol. The summed E-state index contributed by atoms with van der Waals surface area (Å²) in [6, 6.07) is 2.15. The van der Waals surface area contributed by atoms with Crippen molar-refractivity contribution >= 4 is 22.5 Å². The molecule has 0 radical (unpaired) electrons. The van der Waals surface area contributed by atoms with E-state index in [0.29, 0.717) is 5.15 Å². The predicted octanol–water partition coefficient (Wildman–Crippen LogP) is 2.96. The average Bonchev–Trinajstić information content (AvgIpc) is 3.11. The molecule has 1 aliphatic rings. The summed E-state index contributed by atoms with van der Waals surface area (Å²) >= 11 is 6.10. The molecule has 0 aliphatic heterocycles. The first-order chi connectivity index (χ1) is 11.1. The van der Waals surface area contributed by atoms with Crippen LogP contribution in [0.15, 0.2) is 24.7 Å². The van der Waals surface area contributed by atoms with Crippen LogP contribution < -0.4 is 0 Å². The van der Waals surface area contributed by atoms with Crippen molar-refractivity contribution in [2.24, 2.45) is 7.05 Å². The maximum absolute atomic E-state index is 9.75. The Morgan fingerprint density at radius 1 is 1.22 bits per heavy atom. The molecule has 1 fully saturated rings. The summed E-state index contributed by atoms with van der Waals surface area (Å²) in [6.45, 7) is 0. The van der Waals surface area contributed by atoms with E-state index in [0.717, 1.165) is 47.8 Å². The highest BCUT2D eigenvalue weighted by molar-refractivity contribution is 6.30. The number of aromatic nitrogens is 5. The van der Waals surface area contributed by atoms with Crippen LogP contribution in [0, 0.1) is 0 Å². The van der Waals surface area contributed by atoms with Gasteiger partial charge >= 0.3 is 0 Å². The second kappa shape index (κ2) is 5.62. The highest BCUT2D eigenvalue weighted by atomic mass is 35.5. The topological polar surface area (TPSA) is 68.8 Å². The lowest BCUT2D eigenvalue weighted by molar-refractivity contribution is 0.109. The molecule has 1 aliphatic carbocycles. The second-order valence-electron chi connectivity index (χ2n) is 6.18. The summed E-state index contributed by atoms with van der Waals surface area (Å²) in [7, 11) is 1.89. The molecule has 23 heavy (non-hydrogen) atoms. The van der Waals surface area contributed by atoms with Gasteiger partial charge in [-0.1, -0.05) is 11.6 Å². The molecule has 0 saturated heterocycles. The lowest BCUT2D eigenvalue weighted by atomic mass is 9.93. The summed E-state index contributed by atoms with van der Waals surface area (Å²) in [6.07, 6.45) is 8.82. The Bertz CT molecular complexity index is 847. The maximum Gasteiger partial charge on any atom is 0.131 e. The standard InChI is InChI=1S/C16H18ClN5O/c1-21-9-10(7-19-21)16-13-8-18-15(17)6-14(13)22(20-16)11-2-4-12(23)5-3-11/h6-9,11-12,23H,2-5H2,1H3/t11-,12-. The third-order valence-electron chi connectivity index (χ3n) is 4.55. The summed E-state index contributed by atoms with van der Waals surface area (Å²) in [5.41, 5.74) is 2.84. The number of rotatable bonds is 2. The number of halogens is 1. The minimum absolute atomic E-state index is 0.184. The van der Waals surface area contributed by atoms with E-state index in [-0.39, 0.29) is 12.1 Å². The zero-order chi connectivity index (χ0) is 16.0. The van der Waals surface area contributed by atoms with Crippen LogP contribution in [0.1, 0.15) is 31.7 Å². The highest BCUT2D eigenvalue weighted by Gasteiger charge is 2.25. The van der Waals surface area contributed by atoms with Crippen molar-refractivity contribution in [3.8, 4) is 11.3 Å². The monoisotopic (exact) mass is 331 g/mol. The molecule has 6 nitrogen and oxygen atoms in total. The maximum atomic E-state index is 9.75. The lowest BCUT2D eigenvalue weighted by Gasteiger charge is -2.26. The van der Waals surface area contributed by atoms with Crippen LogP contribution in [-0.4, -0.2) is 35.8 Å². The van der Waals surface area contributed by atoms with Gasteiger partial charge < -0.3 is 5.11 Å². The first-order valence-corrected chi connectivity index (χ1v) is 8.20. The molecule has 4 rings (SSSR count). The summed E-state index contributed by atoms with van der Waals surface area (Å²) in [4.78, 5) is 4.22. The molecule has 1 N–H and O–H groups in total. The molecule has 0 unspecified atom stereocenters. The van der Waals surface area contributed by atoms with Crippen LogP contribution in [0.5, 0.6) is 0 Å². The van der Waals surface area contributed by atoms with E-state index in [2.05, 4.69) is 14.8 Å². The van der Waals surface area contributed by atoms with Crippen molar-refractivity contribution in [2.75, 3.05) is 0 Å². The van der Waals surface area contributed by atoms with Crippen molar-refractivity contribution in [1.82, 2.24) is 24.5 Å². The van der Waals surface area contributed by atoms with Gasteiger partial charge in [-0.15, -0.1) is 0 Å².